The first-order valence-corrected chi connectivity index (χ1v) is 6.74. The summed E-state index contributed by atoms with van der Waals surface area (Å²) in [6.07, 6.45) is 6.17. The molecule has 1 nitrogen and oxygen atoms in total. The van der Waals surface area contributed by atoms with Gasteiger partial charge in [-0.2, -0.15) is 0 Å². The summed E-state index contributed by atoms with van der Waals surface area (Å²) in [5, 5.41) is 6.18. The number of benzene rings is 2. The highest BCUT2D eigenvalue weighted by atomic mass is 14.9. The summed E-state index contributed by atoms with van der Waals surface area (Å²) in [6.45, 7) is 0. The van der Waals surface area contributed by atoms with Gasteiger partial charge in [-0.3, -0.25) is 0 Å². The lowest BCUT2D eigenvalue weighted by Gasteiger charge is -2.20. The predicted octanol–water partition coefficient (Wildman–Crippen LogP) is 4.21. The molecule has 0 heterocycles. The van der Waals surface area contributed by atoms with Crippen LogP contribution < -0.4 is 5.32 Å². The highest BCUT2D eigenvalue weighted by Crippen LogP contribution is 2.33. The van der Waals surface area contributed by atoms with Crippen LogP contribution in [0.5, 0.6) is 0 Å². The van der Waals surface area contributed by atoms with Gasteiger partial charge in [0.1, 0.15) is 0 Å². The third-order valence-electron chi connectivity index (χ3n) is 3.87. The van der Waals surface area contributed by atoms with E-state index in [4.69, 9.17) is 0 Å². The number of hydrogen-bond acceptors (Lipinski definition) is 1. The van der Waals surface area contributed by atoms with Gasteiger partial charge in [-0.25, -0.2) is 0 Å². The Morgan fingerprint density at radius 1 is 1.06 bits per heavy atom. The molecule has 18 heavy (non-hydrogen) atoms. The zero-order chi connectivity index (χ0) is 12.4. The molecular weight excluding hydrogens is 218 g/mol. The Kier molecular flexibility index (Phi) is 3.16. The average molecular weight is 237 g/mol. The molecule has 1 aliphatic carbocycles. The Bertz CT molecular complexity index is 578. The first-order chi connectivity index (χ1) is 8.90. The van der Waals surface area contributed by atoms with Gasteiger partial charge in [-0.05, 0) is 42.6 Å². The highest BCUT2D eigenvalue weighted by Gasteiger charge is 2.18. The molecule has 1 N–H and O–H groups in total. The van der Waals surface area contributed by atoms with Crippen molar-refractivity contribution in [2.24, 2.45) is 0 Å². The molecule has 0 saturated carbocycles. The molecule has 0 amide bonds. The van der Waals surface area contributed by atoms with Crippen LogP contribution >= 0.6 is 0 Å². The Labute approximate surface area is 109 Å². The van der Waals surface area contributed by atoms with E-state index in [9.17, 15) is 0 Å². The number of fused-ring (bicyclic) bond motifs is 1. The summed E-state index contributed by atoms with van der Waals surface area (Å²) >= 11 is 0. The van der Waals surface area contributed by atoms with E-state index in [1.165, 1.54) is 35.6 Å². The molecular formula is C17H19N. The topological polar surface area (TPSA) is 12.0 Å². The van der Waals surface area contributed by atoms with Gasteiger partial charge >= 0.3 is 0 Å². The molecule has 1 heteroatoms. The van der Waals surface area contributed by atoms with Crippen LogP contribution in [0, 0.1) is 0 Å². The second-order valence-corrected chi connectivity index (χ2v) is 4.96. The van der Waals surface area contributed by atoms with Crippen molar-refractivity contribution in [1.82, 2.24) is 5.32 Å². The number of nitrogens with one attached hydrogen (secondary N) is 1. The Hall–Kier alpha value is -1.60. The van der Waals surface area contributed by atoms with E-state index in [1.54, 1.807) is 5.57 Å². The molecule has 0 bridgehead atoms. The summed E-state index contributed by atoms with van der Waals surface area (Å²) in [7, 11) is 2.06. The fraction of sp³-hybridized carbons (Fsp3) is 0.294. The minimum Gasteiger partial charge on any atom is -0.310 e. The monoisotopic (exact) mass is 237 g/mol. The molecule has 0 saturated heterocycles. The molecule has 1 unspecified atom stereocenters. The van der Waals surface area contributed by atoms with Crippen molar-refractivity contribution in [3.05, 3.63) is 59.7 Å². The van der Waals surface area contributed by atoms with Gasteiger partial charge in [0, 0.05) is 0 Å². The molecule has 0 fully saturated rings. The zero-order valence-corrected chi connectivity index (χ0v) is 10.8. The van der Waals surface area contributed by atoms with Crippen LogP contribution in [0.4, 0.5) is 0 Å². The summed E-state index contributed by atoms with van der Waals surface area (Å²) in [5.74, 6) is 0. The normalized spacial score (nSPS) is 16.8. The predicted molar refractivity (Wildman–Crippen MR) is 77.7 cm³/mol. The van der Waals surface area contributed by atoms with E-state index in [2.05, 4.69) is 60.9 Å². The number of allylic oxidation sites excluding steroid dienone is 1. The molecule has 1 aliphatic rings. The molecule has 0 radical (unpaired) electrons. The molecule has 2 aromatic rings. The third kappa shape index (κ3) is 1.95. The second kappa shape index (κ2) is 4.95. The van der Waals surface area contributed by atoms with Crippen molar-refractivity contribution < 1.29 is 0 Å². The van der Waals surface area contributed by atoms with E-state index >= 15 is 0 Å². The lowest BCUT2D eigenvalue weighted by Crippen LogP contribution is -2.18. The third-order valence-corrected chi connectivity index (χ3v) is 3.87. The van der Waals surface area contributed by atoms with Gasteiger partial charge in [-0.15, -0.1) is 0 Å². The second-order valence-electron chi connectivity index (χ2n) is 4.96. The molecule has 0 aliphatic heterocycles. The van der Waals surface area contributed by atoms with E-state index < -0.39 is 0 Å². The fourth-order valence-electron chi connectivity index (χ4n) is 3.00. The molecule has 92 valence electrons. The Balaban J connectivity index is 2.12. The van der Waals surface area contributed by atoms with Crippen LogP contribution in [0.1, 0.15) is 30.9 Å². The van der Waals surface area contributed by atoms with Crippen LogP contribution in [-0.4, -0.2) is 7.05 Å². The van der Waals surface area contributed by atoms with Crippen molar-refractivity contribution in [2.75, 3.05) is 7.05 Å². The smallest absolute Gasteiger partial charge is 0.0539 e. The van der Waals surface area contributed by atoms with Crippen LogP contribution in [0.3, 0.4) is 0 Å². The van der Waals surface area contributed by atoms with Gasteiger partial charge in [0.15, 0.2) is 0 Å². The van der Waals surface area contributed by atoms with Gasteiger partial charge in [0.25, 0.3) is 0 Å². The van der Waals surface area contributed by atoms with E-state index in [0.29, 0.717) is 6.04 Å². The minimum atomic E-state index is 0.374. The van der Waals surface area contributed by atoms with Gasteiger partial charge < -0.3 is 5.32 Å². The van der Waals surface area contributed by atoms with Gasteiger partial charge in [-0.1, -0.05) is 54.1 Å². The average Bonchev–Trinajstić information content (AvgIpc) is 2.94. The van der Waals surface area contributed by atoms with Crippen molar-refractivity contribution in [3.63, 3.8) is 0 Å². The first kappa shape index (κ1) is 11.5. The lowest BCUT2D eigenvalue weighted by atomic mass is 9.93. The molecule has 0 spiro atoms. The summed E-state index contributed by atoms with van der Waals surface area (Å²) in [4.78, 5) is 0. The molecule has 3 rings (SSSR count). The summed E-state index contributed by atoms with van der Waals surface area (Å²) in [5.41, 5.74) is 2.96. The van der Waals surface area contributed by atoms with Gasteiger partial charge in [0.05, 0.1) is 6.04 Å². The molecule has 0 aromatic heterocycles. The number of hydrogen-bond donors (Lipinski definition) is 1. The zero-order valence-electron chi connectivity index (χ0n) is 10.8. The van der Waals surface area contributed by atoms with Gasteiger partial charge in [0.2, 0.25) is 0 Å². The highest BCUT2D eigenvalue weighted by molar-refractivity contribution is 5.86. The van der Waals surface area contributed by atoms with Crippen LogP contribution in [0.25, 0.3) is 10.8 Å². The maximum atomic E-state index is 3.48. The maximum Gasteiger partial charge on any atom is 0.0539 e. The largest absolute Gasteiger partial charge is 0.310 e. The van der Waals surface area contributed by atoms with Crippen molar-refractivity contribution in [2.45, 2.75) is 25.3 Å². The fourth-order valence-corrected chi connectivity index (χ4v) is 3.00. The van der Waals surface area contributed by atoms with E-state index in [0.717, 1.165) is 0 Å². The lowest BCUT2D eigenvalue weighted by molar-refractivity contribution is 0.660. The minimum absolute atomic E-state index is 0.374. The SMILES string of the molecule is CNC(C1=CCCC1)c1cccc2ccccc12. The van der Waals surface area contributed by atoms with Crippen molar-refractivity contribution in [1.29, 1.82) is 0 Å². The summed E-state index contributed by atoms with van der Waals surface area (Å²) in [6, 6.07) is 15.6. The standard InChI is InChI=1S/C17H19N/c1-18-17(14-8-2-3-9-14)16-12-6-10-13-7-4-5-11-15(13)16/h4-8,10-12,17-18H,2-3,9H2,1H3. The first-order valence-electron chi connectivity index (χ1n) is 6.74. The summed E-state index contributed by atoms with van der Waals surface area (Å²) < 4.78 is 0. The van der Waals surface area contributed by atoms with E-state index in [-0.39, 0.29) is 0 Å². The molecule has 1 atom stereocenters. The number of rotatable bonds is 3. The van der Waals surface area contributed by atoms with Crippen molar-refractivity contribution >= 4 is 10.8 Å². The number of likely N-dealkylation sites (N-methyl/N-ethyl adjacent to an activating group) is 1. The maximum absolute atomic E-state index is 3.48. The van der Waals surface area contributed by atoms with Crippen LogP contribution in [-0.2, 0) is 0 Å². The van der Waals surface area contributed by atoms with Crippen LogP contribution in [0.2, 0.25) is 0 Å². The van der Waals surface area contributed by atoms with Crippen LogP contribution in [0.15, 0.2) is 54.1 Å². The quantitative estimate of drug-likeness (QED) is 0.788. The van der Waals surface area contributed by atoms with Crippen molar-refractivity contribution in [3.8, 4) is 0 Å². The Morgan fingerprint density at radius 2 is 1.89 bits per heavy atom. The molecule has 2 aromatic carbocycles. The van der Waals surface area contributed by atoms with E-state index in [1.807, 2.05) is 0 Å². The Morgan fingerprint density at radius 3 is 2.67 bits per heavy atom.